The van der Waals surface area contributed by atoms with Crippen molar-refractivity contribution in [1.29, 1.82) is 0 Å². The number of allylic oxidation sites excluding steroid dienone is 1. The van der Waals surface area contributed by atoms with Crippen molar-refractivity contribution in [2.45, 2.75) is 25.9 Å². The van der Waals surface area contributed by atoms with Gasteiger partial charge in [0.1, 0.15) is 0 Å². The van der Waals surface area contributed by atoms with Crippen LogP contribution in [0.4, 0.5) is 0 Å². The molecule has 1 N–H and O–H groups in total. The molecule has 0 aromatic heterocycles. The molecule has 0 saturated carbocycles. The van der Waals surface area contributed by atoms with Gasteiger partial charge in [-0.1, -0.05) is 5.57 Å². The lowest BCUT2D eigenvalue weighted by atomic mass is 10.2. The minimum Gasteiger partial charge on any atom is -0.314 e. The third-order valence-corrected chi connectivity index (χ3v) is 4.80. The fourth-order valence-corrected chi connectivity index (χ4v) is 3.52. The molecule has 2 nitrogen and oxygen atoms in total. The van der Waals surface area contributed by atoms with Gasteiger partial charge in [-0.25, -0.2) is 0 Å². The quantitative estimate of drug-likeness (QED) is 0.661. The molecule has 1 aliphatic rings. The van der Waals surface area contributed by atoms with E-state index in [0.717, 1.165) is 12.6 Å². The molecule has 0 aliphatic carbocycles. The highest BCUT2D eigenvalue weighted by molar-refractivity contribution is 6.42. The Morgan fingerprint density at radius 2 is 2.38 bits per heavy atom. The van der Waals surface area contributed by atoms with Crippen LogP contribution in [0.3, 0.4) is 0 Å². The number of hydrogen-bond acceptors (Lipinski definition) is 2. The SMILES string of the molecule is CC(C)=C[SiH2]CC1CNCCN1C. The Morgan fingerprint density at radius 3 is 3.00 bits per heavy atom. The molecule has 0 radical (unpaired) electrons. The normalized spacial score (nSPS) is 25.3. The van der Waals surface area contributed by atoms with E-state index in [1.54, 1.807) is 0 Å². The molecule has 76 valence electrons. The van der Waals surface area contributed by atoms with Crippen LogP contribution in [-0.4, -0.2) is 47.1 Å². The van der Waals surface area contributed by atoms with Crippen LogP contribution >= 0.6 is 0 Å². The van der Waals surface area contributed by atoms with E-state index < -0.39 is 0 Å². The van der Waals surface area contributed by atoms with Crippen molar-refractivity contribution in [3.63, 3.8) is 0 Å². The monoisotopic (exact) mass is 198 g/mol. The molecular formula is C10H22N2Si. The molecule has 0 spiro atoms. The molecule has 0 aromatic carbocycles. The smallest absolute Gasteiger partial charge is 0.0469 e. The van der Waals surface area contributed by atoms with Gasteiger partial charge >= 0.3 is 0 Å². The van der Waals surface area contributed by atoms with Gasteiger partial charge in [0.05, 0.1) is 0 Å². The van der Waals surface area contributed by atoms with Gasteiger partial charge in [0, 0.05) is 35.2 Å². The lowest BCUT2D eigenvalue weighted by molar-refractivity contribution is 0.215. The fourth-order valence-electron chi connectivity index (χ4n) is 1.75. The molecule has 0 bridgehead atoms. The third kappa shape index (κ3) is 4.07. The maximum atomic E-state index is 3.46. The van der Waals surface area contributed by atoms with E-state index in [9.17, 15) is 0 Å². The Labute approximate surface area is 84.2 Å². The average molecular weight is 198 g/mol. The second kappa shape index (κ2) is 5.57. The number of nitrogens with zero attached hydrogens (tertiary/aromatic N) is 1. The van der Waals surface area contributed by atoms with Crippen LogP contribution in [0.2, 0.25) is 6.04 Å². The minimum atomic E-state index is 0.0435. The second-order valence-electron chi connectivity index (χ2n) is 4.20. The lowest BCUT2D eigenvalue weighted by Gasteiger charge is -2.32. The highest BCUT2D eigenvalue weighted by atomic mass is 28.2. The largest absolute Gasteiger partial charge is 0.314 e. The van der Waals surface area contributed by atoms with Crippen LogP contribution in [0.1, 0.15) is 13.8 Å². The van der Waals surface area contributed by atoms with Crippen molar-refractivity contribution in [1.82, 2.24) is 10.2 Å². The van der Waals surface area contributed by atoms with Crippen molar-refractivity contribution >= 4 is 9.52 Å². The molecule has 1 unspecified atom stereocenters. The molecule has 13 heavy (non-hydrogen) atoms. The topological polar surface area (TPSA) is 15.3 Å². The molecule has 1 rings (SSSR count). The summed E-state index contributed by atoms with van der Waals surface area (Å²) in [4.78, 5) is 2.50. The Morgan fingerprint density at radius 1 is 1.62 bits per heavy atom. The first-order chi connectivity index (χ1) is 6.20. The molecule has 1 atom stereocenters. The van der Waals surface area contributed by atoms with Crippen LogP contribution in [0.25, 0.3) is 0 Å². The van der Waals surface area contributed by atoms with E-state index in [0.29, 0.717) is 0 Å². The van der Waals surface area contributed by atoms with E-state index in [-0.39, 0.29) is 9.52 Å². The van der Waals surface area contributed by atoms with Gasteiger partial charge in [-0.15, -0.1) is 5.70 Å². The Kier molecular flexibility index (Phi) is 4.70. The fraction of sp³-hybridized carbons (Fsp3) is 0.800. The summed E-state index contributed by atoms with van der Waals surface area (Å²) in [5, 5.41) is 3.46. The molecule has 0 amide bonds. The van der Waals surface area contributed by atoms with Crippen molar-refractivity contribution in [3.8, 4) is 0 Å². The predicted molar refractivity (Wildman–Crippen MR) is 62.1 cm³/mol. The van der Waals surface area contributed by atoms with Gasteiger partial charge in [0.25, 0.3) is 0 Å². The maximum Gasteiger partial charge on any atom is 0.0469 e. The standard InChI is InChI=1S/C10H22N2Si/c1-9(2)7-13-8-10-6-11-4-5-12(10)3/h7,10-11H,4-6,8,13H2,1-3H3. The summed E-state index contributed by atoms with van der Waals surface area (Å²) < 4.78 is 0. The number of rotatable bonds is 3. The van der Waals surface area contributed by atoms with Crippen molar-refractivity contribution in [3.05, 3.63) is 11.3 Å². The Balaban J connectivity index is 2.23. The number of likely N-dealkylation sites (N-methyl/N-ethyl adjacent to an activating group) is 1. The van der Waals surface area contributed by atoms with Crippen molar-refractivity contribution in [2.24, 2.45) is 0 Å². The van der Waals surface area contributed by atoms with Gasteiger partial charge in [-0.2, -0.15) is 0 Å². The molecule has 1 heterocycles. The average Bonchev–Trinajstić information content (AvgIpc) is 2.08. The van der Waals surface area contributed by atoms with Gasteiger partial charge in [-0.3, -0.25) is 0 Å². The summed E-state index contributed by atoms with van der Waals surface area (Å²) in [7, 11) is 2.30. The Hall–Kier alpha value is -0.123. The molecule has 1 aliphatic heterocycles. The zero-order valence-electron chi connectivity index (χ0n) is 9.14. The summed E-state index contributed by atoms with van der Waals surface area (Å²) in [6.45, 7) is 7.98. The van der Waals surface area contributed by atoms with Gasteiger partial charge in [-0.05, 0) is 26.9 Å². The van der Waals surface area contributed by atoms with Crippen molar-refractivity contribution in [2.75, 3.05) is 26.7 Å². The van der Waals surface area contributed by atoms with Gasteiger partial charge < -0.3 is 10.2 Å². The summed E-state index contributed by atoms with van der Waals surface area (Å²) in [6.07, 6.45) is 0. The Bertz CT molecular complexity index is 176. The van der Waals surface area contributed by atoms with E-state index in [1.165, 1.54) is 24.7 Å². The minimum absolute atomic E-state index is 0.0435. The number of piperazine rings is 1. The second-order valence-corrected chi connectivity index (χ2v) is 5.76. The summed E-state index contributed by atoms with van der Waals surface area (Å²) in [5.74, 6) is 0. The number of nitrogens with one attached hydrogen (secondary N) is 1. The third-order valence-electron chi connectivity index (χ3n) is 2.70. The first kappa shape index (κ1) is 11.0. The summed E-state index contributed by atoms with van der Waals surface area (Å²) in [5.41, 5.74) is 3.97. The van der Waals surface area contributed by atoms with E-state index in [1.807, 2.05) is 0 Å². The van der Waals surface area contributed by atoms with Crippen LogP contribution in [0.15, 0.2) is 11.3 Å². The number of hydrogen-bond donors (Lipinski definition) is 1. The van der Waals surface area contributed by atoms with Crippen LogP contribution in [0, 0.1) is 0 Å². The van der Waals surface area contributed by atoms with E-state index in [2.05, 4.69) is 36.8 Å². The molecular weight excluding hydrogens is 176 g/mol. The molecule has 3 heteroatoms. The first-order valence-corrected chi connectivity index (χ1v) is 7.06. The molecule has 0 aromatic rings. The zero-order chi connectivity index (χ0) is 9.68. The van der Waals surface area contributed by atoms with Crippen molar-refractivity contribution < 1.29 is 0 Å². The van der Waals surface area contributed by atoms with Crippen LogP contribution in [0.5, 0.6) is 0 Å². The van der Waals surface area contributed by atoms with Gasteiger partial charge in [0.2, 0.25) is 0 Å². The summed E-state index contributed by atoms with van der Waals surface area (Å²) >= 11 is 0. The van der Waals surface area contributed by atoms with Gasteiger partial charge in [0.15, 0.2) is 0 Å². The first-order valence-electron chi connectivity index (χ1n) is 5.24. The highest BCUT2D eigenvalue weighted by Crippen LogP contribution is 2.05. The maximum absolute atomic E-state index is 3.46. The van der Waals surface area contributed by atoms with E-state index in [4.69, 9.17) is 0 Å². The highest BCUT2D eigenvalue weighted by Gasteiger charge is 2.16. The zero-order valence-corrected chi connectivity index (χ0v) is 10.6. The van der Waals surface area contributed by atoms with E-state index >= 15 is 0 Å². The lowest BCUT2D eigenvalue weighted by Crippen LogP contribution is -2.49. The molecule has 1 saturated heterocycles. The molecule has 1 fully saturated rings. The predicted octanol–water partition coefficient (Wildman–Crippen LogP) is 0.401. The van der Waals surface area contributed by atoms with Crippen LogP contribution < -0.4 is 5.32 Å². The van der Waals surface area contributed by atoms with Crippen LogP contribution in [-0.2, 0) is 0 Å². The summed E-state index contributed by atoms with van der Waals surface area (Å²) in [6, 6.07) is 2.23.